The minimum absolute atomic E-state index is 0.149. The maximum atomic E-state index is 11.1. The van der Waals surface area contributed by atoms with Crippen LogP contribution in [0.1, 0.15) is 19.8 Å². The first-order valence-corrected chi connectivity index (χ1v) is 5.50. The van der Waals surface area contributed by atoms with Gasteiger partial charge in [0.2, 0.25) is 0 Å². The van der Waals surface area contributed by atoms with E-state index in [-0.39, 0.29) is 18.6 Å². The van der Waals surface area contributed by atoms with E-state index in [1.807, 2.05) is 0 Å². The van der Waals surface area contributed by atoms with Gasteiger partial charge in [0.25, 0.3) is 10.2 Å². The lowest BCUT2D eigenvalue weighted by Gasteiger charge is -2.08. The van der Waals surface area contributed by atoms with Gasteiger partial charge in [0.15, 0.2) is 0 Å². The highest BCUT2D eigenvalue weighted by Crippen LogP contribution is 2.19. The van der Waals surface area contributed by atoms with Crippen molar-refractivity contribution in [1.29, 1.82) is 0 Å². The van der Waals surface area contributed by atoms with Gasteiger partial charge in [-0.1, -0.05) is 0 Å². The molecule has 1 unspecified atom stereocenters. The van der Waals surface area contributed by atoms with Crippen LogP contribution in [0.5, 0.6) is 0 Å². The summed E-state index contributed by atoms with van der Waals surface area (Å²) in [4.78, 5) is 0. The Balaban J connectivity index is 2.27. The Bertz CT molecular complexity index is 233. The molecule has 0 aromatic carbocycles. The van der Waals surface area contributed by atoms with E-state index in [0.717, 1.165) is 12.8 Å². The molecule has 1 aliphatic carbocycles. The van der Waals surface area contributed by atoms with Crippen LogP contribution in [0, 0.1) is 0 Å². The molecule has 72 valence electrons. The molecule has 0 aromatic rings. The average Bonchev–Trinajstić information content (AvgIpc) is 2.67. The molecular weight excluding hydrogens is 178 g/mol. The zero-order chi connectivity index (χ0) is 9.19. The van der Waals surface area contributed by atoms with Gasteiger partial charge in [-0.25, -0.2) is 4.72 Å². The molecule has 0 radical (unpaired) electrons. The first-order valence-electron chi connectivity index (χ1n) is 4.02. The summed E-state index contributed by atoms with van der Waals surface area (Å²) in [5.74, 6) is 0. The third-order valence-corrected chi connectivity index (χ3v) is 2.68. The first-order chi connectivity index (χ1) is 5.49. The van der Waals surface area contributed by atoms with Gasteiger partial charge >= 0.3 is 0 Å². The predicted molar refractivity (Wildman–Crippen MR) is 46.7 cm³/mol. The van der Waals surface area contributed by atoms with Crippen molar-refractivity contribution in [2.24, 2.45) is 5.73 Å². The van der Waals surface area contributed by atoms with Gasteiger partial charge in [-0.05, 0) is 19.8 Å². The smallest absolute Gasteiger partial charge is 0.277 e. The maximum absolute atomic E-state index is 11.1. The highest BCUT2D eigenvalue weighted by Gasteiger charge is 2.26. The van der Waals surface area contributed by atoms with Crippen molar-refractivity contribution in [3.05, 3.63) is 0 Å². The standard InChI is InChI=1S/C6H15N3O2S/c1-5(7)4-8-12(10,11)9-6-2-3-6/h5-6,8-9H,2-4,7H2,1H3. The third-order valence-electron chi connectivity index (χ3n) is 1.49. The van der Waals surface area contributed by atoms with Crippen LogP contribution < -0.4 is 15.2 Å². The second-order valence-electron chi connectivity index (χ2n) is 3.22. The molecule has 0 spiro atoms. The second-order valence-corrected chi connectivity index (χ2v) is 4.75. The molecule has 1 saturated carbocycles. The van der Waals surface area contributed by atoms with Gasteiger partial charge in [0, 0.05) is 18.6 Å². The Morgan fingerprint density at radius 2 is 2.17 bits per heavy atom. The SMILES string of the molecule is CC(N)CNS(=O)(=O)NC1CC1. The van der Waals surface area contributed by atoms with Gasteiger partial charge in [-0.2, -0.15) is 13.1 Å². The van der Waals surface area contributed by atoms with Gasteiger partial charge in [0.1, 0.15) is 0 Å². The zero-order valence-electron chi connectivity index (χ0n) is 7.08. The maximum Gasteiger partial charge on any atom is 0.277 e. The number of hydrogen-bond donors (Lipinski definition) is 3. The minimum atomic E-state index is -3.29. The van der Waals surface area contributed by atoms with E-state index < -0.39 is 10.2 Å². The topological polar surface area (TPSA) is 84.2 Å². The average molecular weight is 193 g/mol. The number of nitrogens with two attached hydrogens (primary N) is 1. The van der Waals surface area contributed by atoms with Gasteiger partial charge < -0.3 is 5.73 Å². The van der Waals surface area contributed by atoms with Crippen molar-refractivity contribution < 1.29 is 8.42 Å². The van der Waals surface area contributed by atoms with E-state index in [9.17, 15) is 8.42 Å². The summed E-state index contributed by atoms with van der Waals surface area (Å²) in [7, 11) is -3.29. The van der Waals surface area contributed by atoms with E-state index in [2.05, 4.69) is 9.44 Å². The second kappa shape index (κ2) is 3.69. The van der Waals surface area contributed by atoms with Crippen LogP contribution >= 0.6 is 0 Å². The highest BCUT2D eigenvalue weighted by molar-refractivity contribution is 7.87. The van der Waals surface area contributed by atoms with E-state index in [1.165, 1.54) is 0 Å². The van der Waals surface area contributed by atoms with Crippen molar-refractivity contribution in [2.45, 2.75) is 31.8 Å². The summed E-state index contributed by atoms with van der Waals surface area (Å²) >= 11 is 0. The Kier molecular flexibility index (Phi) is 3.05. The van der Waals surface area contributed by atoms with Crippen molar-refractivity contribution in [2.75, 3.05) is 6.54 Å². The molecular formula is C6H15N3O2S. The Labute approximate surface area is 72.9 Å². The Hall–Kier alpha value is -0.170. The molecule has 1 aliphatic rings. The highest BCUT2D eigenvalue weighted by atomic mass is 32.2. The van der Waals surface area contributed by atoms with E-state index in [4.69, 9.17) is 5.73 Å². The zero-order valence-corrected chi connectivity index (χ0v) is 7.89. The fraction of sp³-hybridized carbons (Fsp3) is 1.00. The Morgan fingerprint density at radius 1 is 1.58 bits per heavy atom. The molecule has 6 heteroatoms. The molecule has 1 atom stereocenters. The Morgan fingerprint density at radius 3 is 2.58 bits per heavy atom. The fourth-order valence-corrected chi connectivity index (χ4v) is 1.94. The molecule has 0 saturated heterocycles. The summed E-state index contributed by atoms with van der Waals surface area (Å²) in [5.41, 5.74) is 5.39. The lowest BCUT2D eigenvalue weighted by molar-refractivity contribution is 0.559. The number of rotatable bonds is 5. The molecule has 4 N–H and O–H groups in total. The van der Waals surface area contributed by atoms with E-state index in [0.29, 0.717) is 0 Å². The molecule has 1 rings (SSSR count). The quantitative estimate of drug-likeness (QED) is 0.519. The van der Waals surface area contributed by atoms with Crippen LogP contribution in [0.3, 0.4) is 0 Å². The van der Waals surface area contributed by atoms with Crippen molar-refractivity contribution in [3.63, 3.8) is 0 Å². The van der Waals surface area contributed by atoms with Crippen LogP contribution in [0.2, 0.25) is 0 Å². The van der Waals surface area contributed by atoms with E-state index in [1.54, 1.807) is 6.92 Å². The van der Waals surface area contributed by atoms with Crippen LogP contribution in [-0.2, 0) is 10.2 Å². The van der Waals surface area contributed by atoms with Crippen LogP contribution in [0.15, 0.2) is 0 Å². The minimum Gasteiger partial charge on any atom is -0.327 e. The molecule has 1 fully saturated rings. The third kappa shape index (κ3) is 4.01. The molecule has 0 aromatic heterocycles. The largest absolute Gasteiger partial charge is 0.327 e. The molecule has 0 aliphatic heterocycles. The lowest BCUT2D eigenvalue weighted by atomic mass is 10.4. The summed E-state index contributed by atoms with van der Waals surface area (Å²) in [6, 6.07) is -0.00337. The van der Waals surface area contributed by atoms with Gasteiger partial charge in [-0.15, -0.1) is 0 Å². The first kappa shape index (κ1) is 9.91. The van der Waals surface area contributed by atoms with Crippen LogP contribution in [-0.4, -0.2) is 27.0 Å². The van der Waals surface area contributed by atoms with Crippen molar-refractivity contribution in [1.82, 2.24) is 9.44 Å². The number of hydrogen-bond acceptors (Lipinski definition) is 3. The van der Waals surface area contributed by atoms with Crippen LogP contribution in [0.25, 0.3) is 0 Å². The van der Waals surface area contributed by atoms with Crippen molar-refractivity contribution >= 4 is 10.2 Å². The molecule has 12 heavy (non-hydrogen) atoms. The van der Waals surface area contributed by atoms with Gasteiger partial charge in [-0.3, -0.25) is 0 Å². The molecule has 0 amide bonds. The summed E-state index contributed by atoms with van der Waals surface area (Å²) in [6.45, 7) is 2.03. The lowest BCUT2D eigenvalue weighted by Crippen LogP contribution is -2.42. The molecule has 5 nitrogen and oxygen atoms in total. The van der Waals surface area contributed by atoms with Gasteiger partial charge in [0.05, 0.1) is 0 Å². The monoisotopic (exact) mass is 193 g/mol. The predicted octanol–water partition coefficient (Wildman–Crippen LogP) is -1.08. The normalized spacial score (nSPS) is 20.8. The number of nitrogens with one attached hydrogen (secondary N) is 2. The summed E-state index contributed by atoms with van der Waals surface area (Å²) in [6.07, 6.45) is 1.89. The molecule has 0 heterocycles. The summed E-state index contributed by atoms with van der Waals surface area (Å²) in [5, 5.41) is 0. The van der Waals surface area contributed by atoms with Crippen molar-refractivity contribution in [3.8, 4) is 0 Å². The molecule has 0 bridgehead atoms. The summed E-state index contributed by atoms with van der Waals surface area (Å²) < 4.78 is 27.1. The fourth-order valence-electron chi connectivity index (χ4n) is 0.703. The van der Waals surface area contributed by atoms with E-state index >= 15 is 0 Å². The van der Waals surface area contributed by atoms with Crippen LogP contribution in [0.4, 0.5) is 0 Å².